The van der Waals surface area contributed by atoms with Gasteiger partial charge < -0.3 is 10.1 Å². The lowest BCUT2D eigenvalue weighted by Gasteiger charge is -2.16. The number of nitrogens with zero attached hydrogens (tertiary/aromatic N) is 2. The molecule has 1 saturated heterocycles. The molecule has 0 unspecified atom stereocenters. The third kappa shape index (κ3) is 6.82. The molecular formula is C26H23FIN3O3S. The summed E-state index contributed by atoms with van der Waals surface area (Å²) in [6.07, 6.45) is 0.635. The molecule has 1 N–H and O–H groups in total. The van der Waals surface area contributed by atoms with E-state index in [0.717, 1.165) is 14.9 Å². The van der Waals surface area contributed by atoms with Crippen molar-refractivity contribution in [2.45, 2.75) is 18.1 Å². The number of thioether (sulfide) groups is 1. The average molecular weight is 603 g/mol. The highest BCUT2D eigenvalue weighted by atomic mass is 127. The summed E-state index contributed by atoms with van der Waals surface area (Å²) in [7, 11) is 1.61. The molecule has 1 heterocycles. The molecule has 35 heavy (non-hydrogen) atoms. The van der Waals surface area contributed by atoms with Crippen molar-refractivity contribution in [3.8, 4) is 5.75 Å². The number of anilines is 1. The quantitative estimate of drug-likeness (QED) is 0.339. The smallest absolute Gasteiger partial charge is 0.242 e. The van der Waals surface area contributed by atoms with Gasteiger partial charge >= 0.3 is 0 Å². The molecule has 0 radical (unpaired) electrons. The first-order chi connectivity index (χ1) is 16.9. The van der Waals surface area contributed by atoms with Crippen LogP contribution in [0.15, 0.2) is 77.8 Å². The Morgan fingerprint density at radius 1 is 1.14 bits per heavy atom. The van der Waals surface area contributed by atoms with Crippen molar-refractivity contribution in [2.24, 2.45) is 4.99 Å². The lowest BCUT2D eigenvalue weighted by molar-refractivity contribution is -0.128. The zero-order valence-corrected chi connectivity index (χ0v) is 21.9. The van der Waals surface area contributed by atoms with E-state index in [4.69, 9.17) is 4.74 Å². The van der Waals surface area contributed by atoms with Gasteiger partial charge in [0, 0.05) is 22.2 Å². The van der Waals surface area contributed by atoms with Crippen LogP contribution in [0.2, 0.25) is 0 Å². The number of benzene rings is 3. The highest BCUT2D eigenvalue weighted by Gasteiger charge is 2.39. The van der Waals surface area contributed by atoms with Crippen LogP contribution in [-0.2, 0) is 16.0 Å². The first-order valence-electron chi connectivity index (χ1n) is 10.9. The van der Waals surface area contributed by atoms with E-state index < -0.39 is 5.25 Å². The molecule has 2 amide bonds. The first-order valence-corrected chi connectivity index (χ1v) is 12.9. The molecule has 0 spiro atoms. The molecule has 1 aliphatic rings. The number of nitrogens with one attached hydrogen (secondary N) is 1. The molecule has 180 valence electrons. The molecule has 6 nitrogen and oxygen atoms in total. The summed E-state index contributed by atoms with van der Waals surface area (Å²) >= 11 is 3.44. The number of ether oxygens (including phenoxy) is 1. The van der Waals surface area contributed by atoms with Gasteiger partial charge in [0.2, 0.25) is 11.8 Å². The minimum Gasteiger partial charge on any atom is -0.497 e. The van der Waals surface area contributed by atoms with E-state index in [9.17, 15) is 14.0 Å². The zero-order chi connectivity index (χ0) is 24.8. The topological polar surface area (TPSA) is 71.0 Å². The second kappa shape index (κ2) is 11.7. The Morgan fingerprint density at radius 3 is 2.57 bits per heavy atom. The maximum atomic E-state index is 13.3. The normalized spacial score (nSPS) is 16.5. The minimum absolute atomic E-state index is 0.0243. The van der Waals surface area contributed by atoms with Crippen molar-refractivity contribution in [2.75, 3.05) is 19.0 Å². The molecule has 3 aromatic rings. The monoisotopic (exact) mass is 603 g/mol. The summed E-state index contributed by atoms with van der Waals surface area (Å²) in [5, 5.41) is 2.78. The molecule has 9 heteroatoms. The number of carbonyl (C=O) groups is 2. The van der Waals surface area contributed by atoms with Crippen molar-refractivity contribution in [1.82, 2.24) is 4.90 Å². The SMILES string of the molecule is COc1ccc(CCN2C(=O)[C@H](CC(=O)Nc3cccc(I)c3)SC2=Nc2ccc(F)cc2)cc1. The number of methoxy groups -OCH3 is 1. The number of amidine groups is 1. The van der Waals surface area contributed by atoms with Gasteiger partial charge in [-0.1, -0.05) is 30.0 Å². The lowest BCUT2D eigenvalue weighted by Crippen LogP contribution is -2.35. The van der Waals surface area contributed by atoms with Gasteiger partial charge in [-0.2, -0.15) is 0 Å². The standard InChI is InChI=1S/C26H23FIN3O3S/c1-34-22-11-5-17(6-12-22)13-14-31-25(33)23(16-24(32)29-21-4-2-3-19(28)15-21)35-26(31)30-20-9-7-18(27)8-10-20/h2-12,15,23H,13-14,16H2,1H3,(H,29,32)/t23-/m0/s1. The Hall–Kier alpha value is -2.92. The summed E-state index contributed by atoms with van der Waals surface area (Å²) in [6.45, 7) is 0.410. The maximum absolute atomic E-state index is 13.3. The number of rotatable bonds is 8. The molecule has 1 aliphatic heterocycles. The van der Waals surface area contributed by atoms with E-state index in [1.165, 1.54) is 23.9 Å². The molecule has 0 aromatic heterocycles. The van der Waals surface area contributed by atoms with Crippen molar-refractivity contribution < 1.29 is 18.7 Å². The summed E-state index contributed by atoms with van der Waals surface area (Å²) in [5.74, 6) is 0.00281. The number of amides is 2. The van der Waals surface area contributed by atoms with Crippen LogP contribution >= 0.6 is 34.4 Å². The summed E-state index contributed by atoms with van der Waals surface area (Å²) in [4.78, 5) is 32.2. The molecule has 0 aliphatic carbocycles. The van der Waals surface area contributed by atoms with Crippen LogP contribution in [0.3, 0.4) is 0 Å². The van der Waals surface area contributed by atoms with E-state index in [1.54, 1.807) is 24.1 Å². The highest BCUT2D eigenvalue weighted by Crippen LogP contribution is 2.32. The predicted octanol–water partition coefficient (Wildman–Crippen LogP) is 5.64. The van der Waals surface area contributed by atoms with Gasteiger partial charge in [0.1, 0.15) is 16.8 Å². The maximum Gasteiger partial charge on any atom is 0.242 e. The van der Waals surface area contributed by atoms with Gasteiger partial charge in [0.05, 0.1) is 12.8 Å². The second-order valence-corrected chi connectivity index (χ2v) is 10.2. The number of hydrogen-bond donors (Lipinski definition) is 1. The molecule has 3 aromatic carbocycles. The third-order valence-corrected chi connectivity index (χ3v) is 7.18. The van der Waals surface area contributed by atoms with Crippen LogP contribution in [-0.4, -0.2) is 40.8 Å². The van der Waals surface area contributed by atoms with Crippen molar-refractivity contribution in [3.05, 3.63) is 87.7 Å². The van der Waals surface area contributed by atoms with Crippen molar-refractivity contribution in [1.29, 1.82) is 0 Å². The Bertz CT molecular complexity index is 1240. The molecule has 0 bridgehead atoms. The molecule has 1 fully saturated rings. The third-order valence-electron chi connectivity index (χ3n) is 5.33. The Balaban J connectivity index is 1.49. The van der Waals surface area contributed by atoms with E-state index >= 15 is 0 Å². The predicted molar refractivity (Wildman–Crippen MR) is 146 cm³/mol. The Kier molecular flexibility index (Phi) is 8.40. The Labute approximate surface area is 221 Å². The van der Waals surface area contributed by atoms with Crippen LogP contribution < -0.4 is 10.1 Å². The largest absolute Gasteiger partial charge is 0.497 e. The van der Waals surface area contributed by atoms with E-state index in [0.29, 0.717) is 29.5 Å². The number of carbonyl (C=O) groups excluding carboxylic acids is 2. The van der Waals surface area contributed by atoms with Gasteiger partial charge in [-0.15, -0.1) is 0 Å². The minimum atomic E-state index is -0.590. The van der Waals surface area contributed by atoms with E-state index in [1.807, 2.05) is 48.5 Å². The molecule has 4 rings (SSSR count). The van der Waals surface area contributed by atoms with Gasteiger partial charge in [0.25, 0.3) is 0 Å². The summed E-state index contributed by atoms with van der Waals surface area (Å²) in [5.41, 5.74) is 2.28. The van der Waals surface area contributed by atoms with Crippen molar-refractivity contribution >= 4 is 62.7 Å². The Morgan fingerprint density at radius 2 is 1.89 bits per heavy atom. The van der Waals surface area contributed by atoms with Gasteiger partial charge in [-0.3, -0.25) is 14.5 Å². The molecule has 0 saturated carbocycles. The van der Waals surface area contributed by atoms with Crippen LogP contribution in [0, 0.1) is 9.39 Å². The van der Waals surface area contributed by atoms with Gasteiger partial charge in [-0.05, 0) is 89.2 Å². The van der Waals surface area contributed by atoms with Gasteiger partial charge in [-0.25, -0.2) is 9.38 Å². The highest BCUT2D eigenvalue weighted by molar-refractivity contribution is 14.1. The lowest BCUT2D eigenvalue weighted by atomic mass is 10.1. The van der Waals surface area contributed by atoms with Crippen molar-refractivity contribution in [3.63, 3.8) is 0 Å². The first kappa shape index (κ1) is 25.2. The number of hydrogen-bond acceptors (Lipinski definition) is 5. The van der Waals surface area contributed by atoms with Crippen LogP contribution in [0.4, 0.5) is 15.8 Å². The zero-order valence-electron chi connectivity index (χ0n) is 18.9. The fraction of sp³-hybridized carbons (Fsp3) is 0.192. The van der Waals surface area contributed by atoms with Crippen LogP contribution in [0.25, 0.3) is 0 Å². The number of aliphatic imine (C=N–C) groups is 1. The fourth-order valence-corrected chi connectivity index (χ4v) is 5.26. The summed E-state index contributed by atoms with van der Waals surface area (Å²) in [6, 6.07) is 20.9. The molecule has 1 atom stereocenters. The second-order valence-electron chi connectivity index (χ2n) is 7.83. The average Bonchev–Trinajstić information content (AvgIpc) is 3.13. The van der Waals surface area contributed by atoms with E-state index in [-0.39, 0.29) is 24.1 Å². The van der Waals surface area contributed by atoms with Crippen LogP contribution in [0.5, 0.6) is 5.75 Å². The van der Waals surface area contributed by atoms with Gasteiger partial charge in [0.15, 0.2) is 5.17 Å². The molecular weight excluding hydrogens is 580 g/mol. The summed E-state index contributed by atoms with van der Waals surface area (Å²) < 4.78 is 19.5. The van der Waals surface area contributed by atoms with E-state index in [2.05, 4.69) is 32.9 Å². The fourth-order valence-electron chi connectivity index (χ4n) is 3.54. The number of halogens is 2. The van der Waals surface area contributed by atoms with Crippen LogP contribution in [0.1, 0.15) is 12.0 Å².